The maximum absolute atomic E-state index is 13.4. The van der Waals surface area contributed by atoms with Gasteiger partial charge in [-0.05, 0) is 24.3 Å². The van der Waals surface area contributed by atoms with E-state index in [0.29, 0.717) is 0 Å². The first kappa shape index (κ1) is 12.4. The van der Waals surface area contributed by atoms with Crippen molar-refractivity contribution in [2.75, 3.05) is 0 Å². The Morgan fingerprint density at radius 2 is 1.61 bits per heavy atom. The molecule has 5 heteroatoms. The summed E-state index contributed by atoms with van der Waals surface area (Å²) >= 11 is 0. The van der Waals surface area contributed by atoms with Crippen LogP contribution in [0, 0.1) is 5.82 Å². The molecule has 0 saturated heterocycles. The summed E-state index contributed by atoms with van der Waals surface area (Å²) in [5, 5.41) is 0. The molecule has 2 aromatic carbocycles. The molecule has 0 radical (unpaired) electrons. The van der Waals surface area contributed by atoms with Crippen molar-refractivity contribution < 1.29 is 17.6 Å². The predicted molar refractivity (Wildman–Crippen MR) is 63.7 cm³/mol. The third kappa shape index (κ3) is 2.04. The second kappa shape index (κ2) is 4.70. The lowest BCUT2D eigenvalue weighted by atomic mass is 10.2. The van der Waals surface area contributed by atoms with Crippen molar-refractivity contribution >= 4 is 16.1 Å². The highest BCUT2D eigenvalue weighted by Gasteiger charge is 2.22. The molecule has 0 unspecified atom stereocenters. The number of hydrogen-bond donors (Lipinski definition) is 0. The molecular formula is C13H9FO3S. The minimum Gasteiger partial charge on any atom is -0.298 e. The van der Waals surface area contributed by atoms with E-state index in [-0.39, 0.29) is 16.1 Å². The number of hydrogen-bond acceptors (Lipinski definition) is 3. The summed E-state index contributed by atoms with van der Waals surface area (Å²) in [6.45, 7) is 0. The number of sulfone groups is 1. The smallest absolute Gasteiger partial charge is 0.207 e. The number of halogens is 1. The SMILES string of the molecule is O=Cc1c(F)cccc1S(=O)(=O)c1ccccc1. The molecule has 0 N–H and O–H groups in total. The highest BCUT2D eigenvalue weighted by molar-refractivity contribution is 7.91. The average Bonchev–Trinajstić information content (AvgIpc) is 2.39. The highest BCUT2D eigenvalue weighted by atomic mass is 32.2. The Morgan fingerprint density at radius 3 is 2.22 bits per heavy atom. The Morgan fingerprint density at radius 1 is 0.944 bits per heavy atom. The van der Waals surface area contributed by atoms with Gasteiger partial charge in [-0.3, -0.25) is 4.79 Å². The van der Waals surface area contributed by atoms with Gasteiger partial charge in [-0.25, -0.2) is 12.8 Å². The van der Waals surface area contributed by atoms with Gasteiger partial charge in [-0.2, -0.15) is 0 Å². The summed E-state index contributed by atoms with van der Waals surface area (Å²) in [7, 11) is -3.88. The Bertz CT molecular complexity index is 679. The van der Waals surface area contributed by atoms with Gasteiger partial charge in [0.05, 0.1) is 15.4 Å². The molecule has 2 aromatic rings. The normalized spacial score (nSPS) is 11.2. The molecule has 0 atom stereocenters. The van der Waals surface area contributed by atoms with Crippen LogP contribution in [-0.2, 0) is 9.84 Å². The summed E-state index contributed by atoms with van der Waals surface area (Å²) < 4.78 is 37.9. The van der Waals surface area contributed by atoms with Crippen LogP contribution in [-0.4, -0.2) is 14.7 Å². The molecule has 0 aliphatic rings. The quantitative estimate of drug-likeness (QED) is 0.800. The molecule has 2 rings (SSSR count). The molecule has 0 spiro atoms. The fraction of sp³-hybridized carbons (Fsp3) is 0. The first-order valence-electron chi connectivity index (χ1n) is 5.11. The Kier molecular flexibility index (Phi) is 3.25. The van der Waals surface area contributed by atoms with E-state index < -0.39 is 21.2 Å². The molecule has 3 nitrogen and oxygen atoms in total. The van der Waals surface area contributed by atoms with Gasteiger partial charge in [-0.1, -0.05) is 24.3 Å². The molecule has 0 saturated carbocycles. The van der Waals surface area contributed by atoms with Crippen molar-refractivity contribution in [3.8, 4) is 0 Å². The van der Waals surface area contributed by atoms with Gasteiger partial charge in [0, 0.05) is 0 Å². The van der Waals surface area contributed by atoms with Crippen molar-refractivity contribution in [1.29, 1.82) is 0 Å². The third-order valence-electron chi connectivity index (χ3n) is 2.47. The second-order valence-electron chi connectivity index (χ2n) is 3.59. The van der Waals surface area contributed by atoms with Gasteiger partial charge in [0.15, 0.2) is 6.29 Å². The number of benzene rings is 2. The van der Waals surface area contributed by atoms with Crippen molar-refractivity contribution in [2.24, 2.45) is 0 Å². The Labute approximate surface area is 104 Å². The van der Waals surface area contributed by atoms with Gasteiger partial charge in [0.1, 0.15) is 5.82 Å². The first-order valence-corrected chi connectivity index (χ1v) is 6.59. The van der Waals surface area contributed by atoms with Crippen LogP contribution in [0.5, 0.6) is 0 Å². The summed E-state index contributed by atoms with van der Waals surface area (Å²) in [5.74, 6) is -0.845. The van der Waals surface area contributed by atoms with Gasteiger partial charge in [-0.15, -0.1) is 0 Å². The lowest BCUT2D eigenvalue weighted by Gasteiger charge is -2.07. The van der Waals surface area contributed by atoms with Crippen LogP contribution in [0.4, 0.5) is 4.39 Å². The zero-order chi connectivity index (χ0) is 13.2. The molecule has 92 valence electrons. The Hall–Kier alpha value is -2.01. The first-order chi connectivity index (χ1) is 8.57. The molecule has 0 aliphatic carbocycles. The fourth-order valence-electron chi connectivity index (χ4n) is 1.59. The zero-order valence-electron chi connectivity index (χ0n) is 9.21. The number of aldehydes is 1. The molecular weight excluding hydrogens is 255 g/mol. The molecule has 0 heterocycles. The molecule has 0 fully saturated rings. The minimum absolute atomic E-state index is 0.0266. The van der Waals surface area contributed by atoms with Gasteiger partial charge in [0.2, 0.25) is 9.84 Å². The lowest BCUT2D eigenvalue weighted by Crippen LogP contribution is -2.06. The maximum Gasteiger partial charge on any atom is 0.207 e. The summed E-state index contributed by atoms with van der Waals surface area (Å²) in [5.41, 5.74) is -0.443. The third-order valence-corrected chi connectivity index (χ3v) is 4.30. The minimum atomic E-state index is -3.88. The fourth-order valence-corrected chi connectivity index (χ4v) is 3.05. The van der Waals surface area contributed by atoms with Crippen LogP contribution in [0.1, 0.15) is 10.4 Å². The monoisotopic (exact) mass is 264 g/mol. The zero-order valence-corrected chi connectivity index (χ0v) is 10.0. The van der Waals surface area contributed by atoms with E-state index in [9.17, 15) is 17.6 Å². The van der Waals surface area contributed by atoms with Gasteiger partial charge in [0.25, 0.3) is 0 Å². The van der Waals surface area contributed by atoms with E-state index in [2.05, 4.69) is 0 Å². The van der Waals surface area contributed by atoms with Crippen molar-refractivity contribution in [3.05, 3.63) is 59.9 Å². The van der Waals surface area contributed by atoms with Crippen LogP contribution in [0.25, 0.3) is 0 Å². The van der Waals surface area contributed by atoms with Crippen LogP contribution in [0.3, 0.4) is 0 Å². The second-order valence-corrected chi connectivity index (χ2v) is 5.50. The number of rotatable bonds is 3. The molecule has 0 bridgehead atoms. The van der Waals surface area contributed by atoms with Gasteiger partial charge < -0.3 is 0 Å². The van der Waals surface area contributed by atoms with Crippen LogP contribution < -0.4 is 0 Å². The standard InChI is InChI=1S/C13H9FO3S/c14-12-7-4-8-13(11(12)9-15)18(16,17)10-5-2-1-3-6-10/h1-9H. The lowest BCUT2D eigenvalue weighted by molar-refractivity contribution is 0.111. The predicted octanol–water partition coefficient (Wildman–Crippen LogP) is 2.47. The largest absolute Gasteiger partial charge is 0.298 e. The van der Waals surface area contributed by atoms with Gasteiger partial charge >= 0.3 is 0 Å². The Balaban J connectivity index is 2.70. The average molecular weight is 264 g/mol. The molecule has 0 aliphatic heterocycles. The van der Waals surface area contributed by atoms with Crippen molar-refractivity contribution in [3.63, 3.8) is 0 Å². The molecule has 0 amide bonds. The topological polar surface area (TPSA) is 51.2 Å². The van der Waals surface area contributed by atoms with E-state index in [1.165, 1.54) is 24.3 Å². The number of carbonyl (C=O) groups excluding carboxylic acids is 1. The van der Waals surface area contributed by atoms with E-state index in [0.717, 1.165) is 6.07 Å². The summed E-state index contributed by atoms with van der Waals surface area (Å²) in [4.78, 5) is 10.5. The molecule has 0 aromatic heterocycles. The highest BCUT2D eigenvalue weighted by Crippen LogP contribution is 2.24. The summed E-state index contributed by atoms with van der Waals surface area (Å²) in [6, 6.07) is 11.1. The van der Waals surface area contributed by atoms with Crippen molar-refractivity contribution in [1.82, 2.24) is 0 Å². The van der Waals surface area contributed by atoms with E-state index in [1.54, 1.807) is 18.2 Å². The van der Waals surface area contributed by atoms with Crippen LogP contribution in [0.15, 0.2) is 58.3 Å². The van der Waals surface area contributed by atoms with E-state index in [1.807, 2.05) is 0 Å². The number of carbonyl (C=O) groups is 1. The summed E-state index contributed by atoms with van der Waals surface area (Å²) in [6.07, 6.45) is 0.213. The van der Waals surface area contributed by atoms with Crippen LogP contribution in [0.2, 0.25) is 0 Å². The van der Waals surface area contributed by atoms with E-state index in [4.69, 9.17) is 0 Å². The van der Waals surface area contributed by atoms with Crippen LogP contribution >= 0.6 is 0 Å². The maximum atomic E-state index is 13.4. The molecule has 18 heavy (non-hydrogen) atoms. The van der Waals surface area contributed by atoms with Crippen molar-refractivity contribution in [2.45, 2.75) is 9.79 Å². The van der Waals surface area contributed by atoms with E-state index >= 15 is 0 Å².